The number of rotatable bonds is 4. The van der Waals surface area contributed by atoms with Gasteiger partial charge in [-0.25, -0.2) is 4.98 Å². The minimum absolute atomic E-state index is 0.136. The van der Waals surface area contributed by atoms with Crippen molar-refractivity contribution in [3.8, 4) is 0 Å². The maximum atomic E-state index is 13.1. The number of nitrogens with zero attached hydrogens (tertiary/aromatic N) is 4. The van der Waals surface area contributed by atoms with Gasteiger partial charge in [0, 0.05) is 54.6 Å². The first kappa shape index (κ1) is 20.4. The van der Waals surface area contributed by atoms with E-state index in [0.717, 1.165) is 27.0 Å². The first-order chi connectivity index (χ1) is 15.5. The molecule has 1 N–H and O–H groups in total. The highest BCUT2D eigenvalue weighted by molar-refractivity contribution is 7.99. The Hall–Kier alpha value is -3.52. The Morgan fingerprint density at radius 2 is 2.00 bits per heavy atom. The van der Waals surface area contributed by atoms with Crippen LogP contribution in [0.15, 0.2) is 72.1 Å². The van der Waals surface area contributed by atoms with Crippen LogP contribution >= 0.6 is 11.8 Å². The molecular weight excluding hydrogens is 422 g/mol. The highest BCUT2D eigenvalue weighted by atomic mass is 32.2. The van der Waals surface area contributed by atoms with Gasteiger partial charge in [0.1, 0.15) is 11.7 Å². The molecule has 0 aliphatic carbocycles. The van der Waals surface area contributed by atoms with Crippen molar-refractivity contribution < 1.29 is 9.59 Å². The highest BCUT2D eigenvalue weighted by Crippen LogP contribution is 2.37. The second-order valence-corrected chi connectivity index (χ2v) is 9.02. The van der Waals surface area contributed by atoms with Gasteiger partial charge < -0.3 is 19.4 Å². The van der Waals surface area contributed by atoms with E-state index in [1.165, 1.54) is 0 Å². The van der Waals surface area contributed by atoms with Gasteiger partial charge in [-0.05, 0) is 23.8 Å². The molecule has 3 heterocycles. The molecule has 0 fully saturated rings. The molecule has 2 aromatic carbocycles. The van der Waals surface area contributed by atoms with Crippen LogP contribution in [0.4, 0.5) is 5.69 Å². The fourth-order valence-electron chi connectivity index (χ4n) is 3.95. The van der Waals surface area contributed by atoms with Gasteiger partial charge in [-0.2, -0.15) is 0 Å². The van der Waals surface area contributed by atoms with E-state index in [9.17, 15) is 9.59 Å². The monoisotopic (exact) mass is 445 g/mol. The third-order valence-electron chi connectivity index (χ3n) is 5.74. The molecule has 1 atom stereocenters. The second kappa shape index (κ2) is 8.20. The molecule has 1 aliphatic heterocycles. The molecule has 0 saturated carbocycles. The number of thioether (sulfide) groups is 1. The van der Waals surface area contributed by atoms with Crippen molar-refractivity contribution in [2.75, 3.05) is 17.7 Å². The standard InChI is InChI=1S/C24H23N5O2S/c1-27-9-8-17-10-21-22(11-20(17)27)32-14-19(24(31)28(21)2)26-23(30)18-13-29(15-25-18)12-16-6-4-3-5-7-16/h3-11,13,15,19H,12,14H2,1-2H3,(H,26,30)/t19-/m0/s1. The van der Waals surface area contributed by atoms with Gasteiger partial charge in [-0.1, -0.05) is 30.3 Å². The maximum absolute atomic E-state index is 13.1. The minimum atomic E-state index is -0.632. The number of nitrogens with one attached hydrogen (secondary N) is 1. The lowest BCUT2D eigenvalue weighted by Gasteiger charge is -2.21. The fourth-order valence-corrected chi connectivity index (χ4v) is 5.06. The number of aryl methyl sites for hydroxylation is 1. The molecule has 0 unspecified atom stereocenters. The summed E-state index contributed by atoms with van der Waals surface area (Å²) >= 11 is 1.58. The Morgan fingerprint density at radius 3 is 2.81 bits per heavy atom. The van der Waals surface area contributed by atoms with Gasteiger partial charge in [0.05, 0.1) is 12.0 Å². The third-order valence-corrected chi connectivity index (χ3v) is 6.88. The molecule has 7 nitrogen and oxygen atoms in total. The quantitative estimate of drug-likeness (QED) is 0.523. The number of carbonyl (C=O) groups is 2. The Bertz CT molecular complexity index is 1310. The van der Waals surface area contributed by atoms with Crippen molar-refractivity contribution in [3.05, 3.63) is 78.5 Å². The number of hydrogen-bond acceptors (Lipinski definition) is 4. The summed E-state index contributed by atoms with van der Waals surface area (Å²) < 4.78 is 3.93. The molecule has 2 aromatic heterocycles. The molecule has 0 saturated heterocycles. The molecule has 162 valence electrons. The fraction of sp³-hybridized carbons (Fsp3) is 0.208. The van der Waals surface area contributed by atoms with Crippen molar-refractivity contribution in [3.63, 3.8) is 0 Å². The van der Waals surface area contributed by atoms with Crippen molar-refractivity contribution in [1.29, 1.82) is 0 Å². The number of benzene rings is 2. The summed E-state index contributed by atoms with van der Waals surface area (Å²) in [6.45, 7) is 0.630. The molecule has 0 bridgehead atoms. The van der Waals surface area contributed by atoms with E-state index in [1.54, 1.807) is 36.2 Å². The molecule has 8 heteroatoms. The summed E-state index contributed by atoms with van der Waals surface area (Å²) in [6, 6.07) is 15.5. The van der Waals surface area contributed by atoms with Gasteiger partial charge >= 0.3 is 0 Å². The SMILES string of the molecule is CN1C(=O)[C@@H](NC(=O)c2cn(Cc3ccccc3)cn2)CSc2cc3c(ccn3C)cc21. The lowest BCUT2D eigenvalue weighted by atomic mass is 10.2. The van der Waals surface area contributed by atoms with Crippen LogP contribution in [0.5, 0.6) is 0 Å². The Balaban J connectivity index is 1.32. The number of anilines is 1. The topological polar surface area (TPSA) is 72.2 Å². The Kier molecular flexibility index (Phi) is 5.22. The molecule has 2 amide bonds. The van der Waals surface area contributed by atoms with E-state index < -0.39 is 6.04 Å². The highest BCUT2D eigenvalue weighted by Gasteiger charge is 2.31. The molecule has 1 aliphatic rings. The molecule has 0 radical (unpaired) electrons. The average molecular weight is 446 g/mol. The number of hydrogen-bond donors (Lipinski definition) is 1. The summed E-state index contributed by atoms with van der Waals surface area (Å²) in [7, 11) is 3.76. The van der Waals surface area contributed by atoms with Gasteiger partial charge in [0.2, 0.25) is 5.91 Å². The van der Waals surface area contributed by atoms with Crippen molar-refractivity contribution in [2.45, 2.75) is 17.5 Å². The van der Waals surface area contributed by atoms with Crippen LogP contribution in [0.2, 0.25) is 0 Å². The normalized spacial score (nSPS) is 16.1. The second-order valence-electron chi connectivity index (χ2n) is 7.96. The van der Waals surface area contributed by atoms with Crippen LogP contribution in [0, 0.1) is 0 Å². The Morgan fingerprint density at radius 1 is 1.19 bits per heavy atom. The summed E-state index contributed by atoms with van der Waals surface area (Å²) in [6.07, 6.45) is 5.36. The zero-order chi connectivity index (χ0) is 22.2. The maximum Gasteiger partial charge on any atom is 0.272 e. The predicted molar refractivity (Wildman–Crippen MR) is 126 cm³/mol. The Labute approximate surface area is 190 Å². The lowest BCUT2D eigenvalue weighted by molar-refractivity contribution is -0.119. The zero-order valence-corrected chi connectivity index (χ0v) is 18.7. The van der Waals surface area contributed by atoms with Crippen LogP contribution in [-0.2, 0) is 18.4 Å². The number of amides is 2. The minimum Gasteiger partial charge on any atom is -0.351 e. The van der Waals surface area contributed by atoms with Crippen molar-refractivity contribution in [1.82, 2.24) is 19.4 Å². The summed E-state index contributed by atoms with van der Waals surface area (Å²) in [5, 5.41) is 3.96. The molecule has 32 heavy (non-hydrogen) atoms. The first-order valence-corrected chi connectivity index (χ1v) is 11.3. The van der Waals surface area contributed by atoms with E-state index in [4.69, 9.17) is 0 Å². The first-order valence-electron chi connectivity index (χ1n) is 10.4. The summed E-state index contributed by atoms with van der Waals surface area (Å²) in [5.41, 5.74) is 3.40. The lowest BCUT2D eigenvalue weighted by Crippen LogP contribution is -2.48. The summed E-state index contributed by atoms with van der Waals surface area (Å²) in [4.78, 5) is 32.9. The van der Waals surface area contributed by atoms with Crippen LogP contribution in [-0.4, -0.2) is 44.8 Å². The van der Waals surface area contributed by atoms with E-state index in [1.807, 2.05) is 60.3 Å². The predicted octanol–water partition coefficient (Wildman–Crippen LogP) is 3.29. The number of likely N-dealkylation sites (N-methyl/N-ethyl adjacent to an activating group) is 1. The van der Waals surface area contributed by atoms with Crippen LogP contribution in [0.1, 0.15) is 16.1 Å². The van der Waals surface area contributed by atoms with E-state index in [2.05, 4.69) is 20.9 Å². The molecule has 0 spiro atoms. The van der Waals surface area contributed by atoms with Crippen LogP contribution in [0.3, 0.4) is 0 Å². The van der Waals surface area contributed by atoms with Gasteiger partial charge in [-0.15, -0.1) is 11.8 Å². The van der Waals surface area contributed by atoms with Gasteiger partial charge in [-0.3, -0.25) is 9.59 Å². The largest absolute Gasteiger partial charge is 0.351 e. The molecule has 5 rings (SSSR count). The van der Waals surface area contributed by atoms with E-state index in [0.29, 0.717) is 18.0 Å². The number of fused-ring (bicyclic) bond motifs is 2. The smallest absolute Gasteiger partial charge is 0.272 e. The average Bonchev–Trinajstić information content (AvgIpc) is 3.39. The van der Waals surface area contributed by atoms with Crippen molar-refractivity contribution in [2.24, 2.45) is 7.05 Å². The van der Waals surface area contributed by atoms with E-state index >= 15 is 0 Å². The summed E-state index contributed by atoms with van der Waals surface area (Å²) in [5.74, 6) is -0.0216. The van der Waals surface area contributed by atoms with Crippen LogP contribution in [0.25, 0.3) is 10.9 Å². The van der Waals surface area contributed by atoms with Crippen molar-refractivity contribution >= 4 is 40.2 Å². The van der Waals surface area contributed by atoms with Gasteiger partial charge in [0.15, 0.2) is 0 Å². The third kappa shape index (κ3) is 3.78. The van der Waals surface area contributed by atoms with Crippen LogP contribution < -0.4 is 10.2 Å². The molecule has 4 aromatic rings. The molecular formula is C24H23N5O2S. The number of aromatic nitrogens is 3. The van der Waals surface area contributed by atoms with E-state index in [-0.39, 0.29) is 11.8 Å². The number of carbonyl (C=O) groups excluding carboxylic acids is 2. The van der Waals surface area contributed by atoms with Gasteiger partial charge in [0.25, 0.3) is 5.91 Å². The zero-order valence-electron chi connectivity index (χ0n) is 17.9. The number of imidazole rings is 1.